The Balaban J connectivity index is 1.47. The largest absolute Gasteiger partial charge is 0.393 e. The summed E-state index contributed by atoms with van der Waals surface area (Å²) in [6.45, 7) is 4.42. The van der Waals surface area contributed by atoms with Crippen LogP contribution < -0.4 is 20.4 Å². The van der Waals surface area contributed by atoms with E-state index in [0.29, 0.717) is 5.69 Å². The van der Waals surface area contributed by atoms with E-state index in [-0.39, 0.29) is 0 Å². The lowest BCUT2D eigenvalue weighted by molar-refractivity contribution is 0.647. The topological polar surface area (TPSA) is 61.5 Å². The number of nitrogen functional groups attached to an aromatic ring is 1. The number of para-hydroxylation sites is 1. The highest BCUT2D eigenvalue weighted by molar-refractivity contribution is 5.75. The third kappa shape index (κ3) is 3.86. The fourth-order valence-corrected chi connectivity index (χ4v) is 3.68. The van der Waals surface area contributed by atoms with Crippen molar-refractivity contribution >= 4 is 23.0 Å². The fourth-order valence-electron chi connectivity index (χ4n) is 3.68. The maximum atomic E-state index is 6.49. The molecule has 0 unspecified atom stereocenters. The molecule has 0 aliphatic carbocycles. The van der Waals surface area contributed by atoms with E-state index in [1.807, 2.05) is 25.2 Å². The molecule has 2 N–H and O–H groups in total. The van der Waals surface area contributed by atoms with E-state index in [1.165, 1.54) is 11.3 Å². The standard InChI is InChI=1S/C22H26N6/c1-26(16-18-8-4-2-5-9-18)21-20(23)22(25-17-24-21)28-14-12-27(13-15-28)19-10-6-3-7-11-19/h2-11,17H,12-16,23H2,1H3. The van der Waals surface area contributed by atoms with Crippen molar-refractivity contribution in [2.75, 3.05) is 53.7 Å². The Morgan fingerprint density at radius 2 is 1.46 bits per heavy atom. The minimum absolute atomic E-state index is 0.647. The highest BCUT2D eigenvalue weighted by atomic mass is 15.3. The van der Waals surface area contributed by atoms with Crippen molar-refractivity contribution in [1.82, 2.24) is 9.97 Å². The van der Waals surface area contributed by atoms with Crippen LogP contribution >= 0.6 is 0 Å². The molecule has 2 heterocycles. The zero-order valence-corrected chi connectivity index (χ0v) is 16.2. The first-order chi connectivity index (χ1) is 13.7. The van der Waals surface area contributed by atoms with Crippen molar-refractivity contribution in [3.8, 4) is 0 Å². The number of hydrogen-bond acceptors (Lipinski definition) is 6. The van der Waals surface area contributed by atoms with Crippen LogP contribution in [-0.2, 0) is 6.54 Å². The van der Waals surface area contributed by atoms with Crippen molar-refractivity contribution in [3.05, 3.63) is 72.6 Å². The number of anilines is 4. The van der Waals surface area contributed by atoms with E-state index in [2.05, 4.69) is 67.1 Å². The molecule has 3 aromatic rings. The van der Waals surface area contributed by atoms with Crippen LogP contribution in [0.1, 0.15) is 5.56 Å². The van der Waals surface area contributed by atoms with Gasteiger partial charge in [-0.15, -0.1) is 0 Å². The zero-order valence-electron chi connectivity index (χ0n) is 16.2. The van der Waals surface area contributed by atoms with E-state index in [9.17, 15) is 0 Å². The first-order valence-electron chi connectivity index (χ1n) is 9.63. The predicted octanol–water partition coefficient (Wildman–Crippen LogP) is 3.02. The van der Waals surface area contributed by atoms with Gasteiger partial charge in [0.2, 0.25) is 0 Å². The maximum Gasteiger partial charge on any atom is 0.157 e. The molecule has 2 aromatic carbocycles. The summed E-state index contributed by atoms with van der Waals surface area (Å²) in [7, 11) is 2.02. The number of benzene rings is 2. The van der Waals surface area contributed by atoms with Gasteiger partial charge in [0.25, 0.3) is 0 Å². The molecule has 6 heteroatoms. The van der Waals surface area contributed by atoms with Crippen molar-refractivity contribution in [1.29, 1.82) is 0 Å². The SMILES string of the molecule is CN(Cc1ccccc1)c1ncnc(N2CCN(c3ccccc3)CC2)c1N. The molecule has 0 radical (unpaired) electrons. The lowest BCUT2D eigenvalue weighted by atomic mass is 10.2. The molecule has 6 nitrogen and oxygen atoms in total. The summed E-state index contributed by atoms with van der Waals surface area (Å²) in [5.41, 5.74) is 9.63. The fraction of sp³-hybridized carbons (Fsp3) is 0.273. The van der Waals surface area contributed by atoms with E-state index >= 15 is 0 Å². The molecule has 0 amide bonds. The monoisotopic (exact) mass is 374 g/mol. The molecular weight excluding hydrogens is 348 g/mol. The van der Waals surface area contributed by atoms with Gasteiger partial charge in [0.05, 0.1) is 0 Å². The highest BCUT2D eigenvalue weighted by Gasteiger charge is 2.22. The van der Waals surface area contributed by atoms with Crippen LogP contribution in [0.4, 0.5) is 23.0 Å². The minimum Gasteiger partial charge on any atom is -0.393 e. The second-order valence-electron chi connectivity index (χ2n) is 7.09. The zero-order chi connectivity index (χ0) is 19.3. The summed E-state index contributed by atoms with van der Waals surface area (Å²) < 4.78 is 0. The summed E-state index contributed by atoms with van der Waals surface area (Å²) >= 11 is 0. The molecule has 144 valence electrons. The number of piperazine rings is 1. The van der Waals surface area contributed by atoms with Gasteiger partial charge in [-0.25, -0.2) is 9.97 Å². The Labute approximate surface area is 166 Å². The Hall–Kier alpha value is -3.28. The number of nitrogens with zero attached hydrogens (tertiary/aromatic N) is 5. The van der Waals surface area contributed by atoms with Gasteiger partial charge in [-0.1, -0.05) is 48.5 Å². The van der Waals surface area contributed by atoms with Gasteiger partial charge in [0, 0.05) is 45.5 Å². The Morgan fingerprint density at radius 3 is 2.14 bits per heavy atom. The van der Waals surface area contributed by atoms with E-state index in [4.69, 9.17) is 5.73 Å². The first-order valence-corrected chi connectivity index (χ1v) is 9.63. The summed E-state index contributed by atoms with van der Waals surface area (Å²) in [5.74, 6) is 1.61. The van der Waals surface area contributed by atoms with Crippen molar-refractivity contribution in [3.63, 3.8) is 0 Å². The normalized spacial score (nSPS) is 14.2. The average molecular weight is 374 g/mol. The first kappa shape index (κ1) is 18.1. The van der Waals surface area contributed by atoms with Gasteiger partial charge in [-0.2, -0.15) is 0 Å². The van der Waals surface area contributed by atoms with Crippen LogP contribution in [-0.4, -0.2) is 43.2 Å². The molecule has 1 aliphatic rings. The molecule has 0 spiro atoms. The Kier molecular flexibility index (Phi) is 5.28. The van der Waals surface area contributed by atoms with Crippen molar-refractivity contribution < 1.29 is 0 Å². The van der Waals surface area contributed by atoms with E-state index < -0.39 is 0 Å². The molecule has 0 atom stereocenters. The summed E-state index contributed by atoms with van der Waals surface area (Å²) in [6.07, 6.45) is 1.62. The van der Waals surface area contributed by atoms with Gasteiger partial charge in [0.1, 0.15) is 12.0 Å². The summed E-state index contributed by atoms with van der Waals surface area (Å²) in [5, 5.41) is 0. The predicted molar refractivity (Wildman–Crippen MR) is 116 cm³/mol. The van der Waals surface area contributed by atoms with E-state index in [1.54, 1.807) is 6.33 Å². The van der Waals surface area contributed by atoms with Gasteiger partial charge in [-0.05, 0) is 17.7 Å². The van der Waals surface area contributed by atoms with Crippen LogP contribution in [0.25, 0.3) is 0 Å². The highest BCUT2D eigenvalue weighted by Crippen LogP contribution is 2.30. The Bertz CT molecular complexity index is 891. The lowest BCUT2D eigenvalue weighted by Gasteiger charge is -2.37. The average Bonchev–Trinajstić information content (AvgIpc) is 2.75. The minimum atomic E-state index is 0.647. The number of hydrogen-bond donors (Lipinski definition) is 1. The molecule has 1 aromatic heterocycles. The quantitative estimate of drug-likeness (QED) is 0.741. The number of rotatable bonds is 5. The molecule has 1 aliphatic heterocycles. The van der Waals surface area contributed by atoms with Crippen LogP contribution in [0.3, 0.4) is 0 Å². The summed E-state index contributed by atoms with van der Waals surface area (Å²) in [4.78, 5) is 15.7. The van der Waals surface area contributed by atoms with Crippen molar-refractivity contribution in [2.45, 2.75) is 6.54 Å². The maximum absolute atomic E-state index is 6.49. The molecule has 0 bridgehead atoms. The van der Waals surface area contributed by atoms with E-state index in [0.717, 1.165) is 44.4 Å². The molecule has 28 heavy (non-hydrogen) atoms. The Morgan fingerprint density at radius 1 is 0.857 bits per heavy atom. The third-order valence-electron chi connectivity index (χ3n) is 5.17. The molecule has 4 rings (SSSR count). The van der Waals surface area contributed by atoms with Gasteiger partial charge >= 0.3 is 0 Å². The van der Waals surface area contributed by atoms with Crippen molar-refractivity contribution in [2.24, 2.45) is 0 Å². The molecule has 0 saturated carbocycles. The van der Waals surface area contributed by atoms with Crippen LogP contribution in [0.2, 0.25) is 0 Å². The number of nitrogens with two attached hydrogens (primary N) is 1. The lowest BCUT2D eigenvalue weighted by Crippen LogP contribution is -2.47. The van der Waals surface area contributed by atoms with Gasteiger partial charge in [-0.3, -0.25) is 0 Å². The molecule has 1 fully saturated rings. The second kappa shape index (κ2) is 8.17. The number of aromatic nitrogens is 2. The third-order valence-corrected chi connectivity index (χ3v) is 5.17. The van der Waals surface area contributed by atoms with Crippen LogP contribution in [0.15, 0.2) is 67.0 Å². The molecule has 1 saturated heterocycles. The second-order valence-corrected chi connectivity index (χ2v) is 7.09. The van der Waals surface area contributed by atoms with Gasteiger partial charge in [0.15, 0.2) is 11.6 Å². The summed E-state index contributed by atoms with van der Waals surface area (Å²) in [6, 6.07) is 20.9. The van der Waals surface area contributed by atoms with Gasteiger partial charge < -0.3 is 20.4 Å². The smallest absolute Gasteiger partial charge is 0.157 e. The van der Waals surface area contributed by atoms with Crippen LogP contribution in [0.5, 0.6) is 0 Å². The molecular formula is C22H26N6. The van der Waals surface area contributed by atoms with Crippen LogP contribution in [0, 0.1) is 0 Å².